The molecule has 0 bridgehead atoms. The summed E-state index contributed by atoms with van der Waals surface area (Å²) in [6, 6.07) is 11.4. The van der Waals surface area contributed by atoms with Gasteiger partial charge in [-0.3, -0.25) is 4.79 Å². The fourth-order valence-electron chi connectivity index (χ4n) is 3.82. The van der Waals surface area contributed by atoms with Crippen LogP contribution in [0.25, 0.3) is 0 Å². The number of pyridine rings is 1. The molecule has 6 nitrogen and oxygen atoms in total. The molecule has 0 aliphatic carbocycles. The first-order chi connectivity index (χ1) is 14.5. The zero-order valence-electron chi connectivity index (χ0n) is 16.4. The van der Waals surface area contributed by atoms with E-state index in [0.717, 1.165) is 11.4 Å². The van der Waals surface area contributed by atoms with Gasteiger partial charge in [0.2, 0.25) is 5.91 Å². The second kappa shape index (κ2) is 9.21. The maximum absolute atomic E-state index is 12.3. The van der Waals surface area contributed by atoms with Crippen molar-refractivity contribution in [3.63, 3.8) is 0 Å². The van der Waals surface area contributed by atoms with Gasteiger partial charge in [-0.2, -0.15) is 4.57 Å². The number of carboxylic acid groups (broad SMARTS) is 1. The van der Waals surface area contributed by atoms with E-state index >= 15 is 0 Å². The van der Waals surface area contributed by atoms with E-state index < -0.39 is 12.0 Å². The topological polar surface area (TPSA) is 81.7 Å². The van der Waals surface area contributed by atoms with E-state index in [2.05, 4.69) is 35.2 Å². The van der Waals surface area contributed by atoms with Crippen molar-refractivity contribution in [2.45, 2.75) is 38.8 Å². The lowest BCUT2D eigenvalue weighted by Gasteiger charge is -2.43. The first-order valence-corrected chi connectivity index (χ1v) is 12.7. The predicted molar refractivity (Wildman–Crippen MR) is 118 cm³/mol. The van der Waals surface area contributed by atoms with Crippen molar-refractivity contribution >= 4 is 47.2 Å². The summed E-state index contributed by atoms with van der Waals surface area (Å²) in [6.07, 6.45) is 6.60. The minimum absolute atomic E-state index is 0.0593. The monoisotopic (exact) mass is 463 g/mol. The van der Waals surface area contributed by atoms with Gasteiger partial charge in [0.05, 0.1) is 20.8 Å². The summed E-state index contributed by atoms with van der Waals surface area (Å²) in [7, 11) is 0. The molecule has 30 heavy (non-hydrogen) atoms. The first kappa shape index (κ1) is 21.5. The van der Waals surface area contributed by atoms with E-state index in [-0.39, 0.29) is 28.4 Å². The Morgan fingerprint density at radius 3 is 2.67 bits per heavy atom. The number of aliphatic carboxylic acids is 1. The molecule has 4 atom stereocenters. The number of carbonyl (C=O) groups is 2. The van der Waals surface area contributed by atoms with Crippen molar-refractivity contribution in [2.24, 2.45) is 5.92 Å². The number of hydrogen-bond acceptors (Lipinski definition) is 6. The summed E-state index contributed by atoms with van der Waals surface area (Å²) in [5.74, 6) is -1.40. The highest BCUT2D eigenvalue weighted by Crippen LogP contribution is 2.53. The van der Waals surface area contributed by atoms with Gasteiger partial charge in [-0.1, -0.05) is 12.1 Å². The molecule has 9 heteroatoms. The summed E-state index contributed by atoms with van der Waals surface area (Å²) < 4.78 is 1.87. The quantitative estimate of drug-likeness (QED) is 0.354. The maximum Gasteiger partial charge on any atom is 0.328 e. The Morgan fingerprint density at radius 1 is 1.23 bits per heavy atom. The maximum atomic E-state index is 12.3. The number of benzene rings is 1. The molecule has 2 saturated heterocycles. The van der Waals surface area contributed by atoms with E-state index in [1.807, 2.05) is 24.4 Å². The molecule has 3 heterocycles. The van der Waals surface area contributed by atoms with Gasteiger partial charge in [-0.15, -0.1) is 35.3 Å². The van der Waals surface area contributed by atoms with Crippen molar-refractivity contribution in [2.75, 3.05) is 12.9 Å². The number of aliphatic hydroxyl groups is 1. The van der Waals surface area contributed by atoms with Crippen LogP contribution in [0.3, 0.4) is 0 Å². The Hall–Kier alpha value is -1.68. The number of thioether (sulfide) groups is 3. The van der Waals surface area contributed by atoms with Crippen molar-refractivity contribution in [1.82, 2.24) is 4.90 Å². The number of aromatic nitrogens is 1. The number of fused-ring (bicyclic) bond motifs is 1. The van der Waals surface area contributed by atoms with Gasteiger partial charge in [0.15, 0.2) is 25.0 Å². The largest absolute Gasteiger partial charge is 0.480 e. The van der Waals surface area contributed by atoms with Crippen molar-refractivity contribution in [1.29, 1.82) is 0 Å². The molecule has 2 aliphatic rings. The number of aliphatic hydroxyl groups excluding tert-OH is 1. The molecule has 1 aromatic heterocycles. The Labute approximate surface area is 188 Å². The third-order valence-electron chi connectivity index (χ3n) is 5.32. The fraction of sp³-hybridized carbons (Fsp3) is 0.381. The van der Waals surface area contributed by atoms with Crippen LogP contribution >= 0.6 is 35.3 Å². The van der Waals surface area contributed by atoms with Crippen LogP contribution in [-0.4, -0.2) is 55.8 Å². The number of rotatable bonds is 8. The average Bonchev–Trinajstić information content (AvgIpc) is 3.08. The lowest BCUT2D eigenvalue weighted by molar-refractivity contribution is -0.690. The second-order valence-electron chi connectivity index (χ2n) is 7.22. The van der Waals surface area contributed by atoms with E-state index in [1.54, 1.807) is 11.8 Å². The Balaban J connectivity index is 1.43. The fourth-order valence-corrected chi connectivity index (χ4v) is 7.59. The zero-order valence-corrected chi connectivity index (χ0v) is 18.8. The standard InChI is InChI=1S/C21H22N2O4S3/c1-28-15-3-2-9-22(12-15)11-13-4-6-14(7-5-13)29-21-17(20(26)27)23-18(25)16(8-10-24)19(23)30-21/h2-7,9,12,16-17,19,21,24H,8,10-11H2,1H3/p+1/t16-,17?,19?,21?/m0/s1. The van der Waals surface area contributed by atoms with Crippen LogP contribution in [0.4, 0.5) is 0 Å². The number of β-lactam (4-membered cyclic amide) rings is 1. The van der Waals surface area contributed by atoms with Crippen LogP contribution in [0, 0.1) is 5.92 Å². The SMILES string of the molecule is CSc1ccc[n+](Cc2ccc(SC3SC4[C@@H](CCO)C(=O)N4C3C(=O)O)cc2)c1. The zero-order chi connectivity index (χ0) is 21.3. The number of hydrogen-bond donors (Lipinski definition) is 2. The van der Waals surface area contributed by atoms with E-state index in [1.165, 1.54) is 38.9 Å². The lowest BCUT2D eigenvalue weighted by atomic mass is 9.93. The Bertz CT molecular complexity index is 940. The third kappa shape index (κ3) is 4.21. The van der Waals surface area contributed by atoms with Gasteiger partial charge in [0.25, 0.3) is 0 Å². The Kier molecular flexibility index (Phi) is 6.62. The minimum Gasteiger partial charge on any atom is -0.480 e. The van der Waals surface area contributed by atoms with Gasteiger partial charge < -0.3 is 15.1 Å². The highest BCUT2D eigenvalue weighted by molar-refractivity contribution is 8.17. The predicted octanol–water partition coefficient (Wildman–Crippen LogP) is 2.53. The number of carboxylic acids is 1. The summed E-state index contributed by atoms with van der Waals surface area (Å²) >= 11 is 4.73. The molecule has 2 fully saturated rings. The molecule has 4 rings (SSSR count). The summed E-state index contributed by atoms with van der Waals surface area (Å²) in [4.78, 5) is 27.8. The molecule has 2 aliphatic heterocycles. The first-order valence-electron chi connectivity index (χ1n) is 9.62. The van der Waals surface area contributed by atoms with Gasteiger partial charge in [-0.05, 0) is 30.9 Å². The van der Waals surface area contributed by atoms with Crippen LogP contribution in [0.15, 0.2) is 58.6 Å². The van der Waals surface area contributed by atoms with Crippen LogP contribution < -0.4 is 4.57 Å². The third-order valence-corrected chi connectivity index (χ3v) is 9.05. The number of carbonyl (C=O) groups excluding carboxylic acids is 1. The molecule has 0 spiro atoms. The van der Waals surface area contributed by atoms with E-state index in [9.17, 15) is 19.8 Å². The van der Waals surface area contributed by atoms with Crippen LogP contribution in [0.5, 0.6) is 0 Å². The van der Waals surface area contributed by atoms with Gasteiger partial charge in [0.1, 0.15) is 0 Å². The number of amides is 1. The van der Waals surface area contributed by atoms with Gasteiger partial charge >= 0.3 is 5.97 Å². The van der Waals surface area contributed by atoms with Crippen molar-refractivity contribution in [3.8, 4) is 0 Å². The van der Waals surface area contributed by atoms with Crippen LogP contribution in [0.2, 0.25) is 0 Å². The van der Waals surface area contributed by atoms with Gasteiger partial charge in [-0.25, -0.2) is 4.79 Å². The van der Waals surface area contributed by atoms with Crippen molar-refractivity contribution in [3.05, 3.63) is 54.4 Å². The summed E-state index contributed by atoms with van der Waals surface area (Å²) in [6.45, 7) is 0.707. The van der Waals surface area contributed by atoms with Crippen LogP contribution in [0.1, 0.15) is 12.0 Å². The van der Waals surface area contributed by atoms with E-state index in [0.29, 0.717) is 6.42 Å². The minimum atomic E-state index is -0.972. The lowest BCUT2D eigenvalue weighted by Crippen LogP contribution is -2.61. The van der Waals surface area contributed by atoms with Crippen LogP contribution in [-0.2, 0) is 16.1 Å². The molecule has 1 aromatic carbocycles. The highest BCUT2D eigenvalue weighted by atomic mass is 32.2. The van der Waals surface area contributed by atoms with E-state index in [4.69, 9.17) is 0 Å². The molecule has 1 amide bonds. The van der Waals surface area contributed by atoms with Crippen molar-refractivity contribution < 1.29 is 24.4 Å². The molecular formula is C21H23N2O4S3+. The average molecular weight is 464 g/mol. The van der Waals surface area contributed by atoms with Gasteiger partial charge in [0, 0.05) is 23.1 Å². The molecule has 3 unspecified atom stereocenters. The summed E-state index contributed by atoms with van der Waals surface area (Å²) in [5, 5.41) is 18.7. The molecule has 2 aromatic rings. The number of nitrogens with zero attached hydrogens (tertiary/aromatic N) is 2. The Morgan fingerprint density at radius 2 is 2.00 bits per heavy atom. The summed E-state index contributed by atoms with van der Waals surface area (Å²) in [5.41, 5.74) is 1.17. The smallest absolute Gasteiger partial charge is 0.328 e. The molecule has 2 N–H and O–H groups in total. The second-order valence-corrected chi connectivity index (χ2v) is 10.9. The molecular weight excluding hydrogens is 440 g/mol. The normalized spacial score (nSPS) is 25.1. The molecule has 0 radical (unpaired) electrons. The highest BCUT2D eigenvalue weighted by Gasteiger charge is 2.60. The molecule has 0 saturated carbocycles. The molecule has 158 valence electrons.